The smallest absolute Gasteiger partial charge is 0.159 e. The van der Waals surface area contributed by atoms with Crippen LogP contribution in [0.15, 0.2) is 72.8 Å². The van der Waals surface area contributed by atoms with Crippen LogP contribution < -0.4 is 0 Å². The summed E-state index contributed by atoms with van der Waals surface area (Å²) in [5.41, 5.74) is 3.47. The molecule has 4 aromatic carbocycles. The van der Waals surface area contributed by atoms with E-state index in [4.69, 9.17) is 0 Å². The van der Waals surface area contributed by atoms with Crippen molar-refractivity contribution in [2.24, 2.45) is 0 Å². The van der Waals surface area contributed by atoms with Gasteiger partial charge >= 0.3 is 0 Å². The molecule has 0 bridgehead atoms. The van der Waals surface area contributed by atoms with Crippen LogP contribution in [-0.2, 0) is 6.42 Å². The zero-order chi connectivity index (χ0) is 19.0. The lowest BCUT2D eigenvalue weighted by Gasteiger charge is -2.09. The summed E-state index contributed by atoms with van der Waals surface area (Å²) in [6.45, 7) is 2.12. The SMILES string of the molecule is CCc1ccc2cc(-c3ccc(-c4ccc(F)c(F)c4)c(F)c3)ccc2c1. The maximum Gasteiger partial charge on any atom is 0.159 e. The molecule has 0 radical (unpaired) electrons. The third-order valence-electron chi connectivity index (χ3n) is 4.85. The Bertz CT molecular complexity index is 1150. The predicted molar refractivity (Wildman–Crippen MR) is 104 cm³/mol. The molecule has 0 saturated heterocycles. The van der Waals surface area contributed by atoms with Gasteiger partial charge in [0.05, 0.1) is 0 Å². The molecule has 0 nitrogen and oxygen atoms in total. The lowest BCUT2D eigenvalue weighted by molar-refractivity contribution is 0.509. The lowest BCUT2D eigenvalue weighted by Crippen LogP contribution is -1.90. The van der Waals surface area contributed by atoms with Crippen molar-refractivity contribution in [2.75, 3.05) is 0 Å². The van der Waals surface area contributed by atoms with Crippen molar-refractivity contribution in [1.82, 2.24) is 0 Å². The molecule has 0 spiro atoms. The number of aryl methyl sites for hydroxylation is 1. The van der Waals surface area contributed by atoms with Crippen molar-refractivity contribution < 1.29 is 13.2 Å². The lowest BCUT2D eigenvalue weighted by atomic mass is 9.97. The van der Waals surface area contributed by atoms with Crippen LogP contribution in [0.2, 0.25) is 0 Å². The van der Waals surface area contributed by atoms with Crippen molar-refractivity contribution in [3.8, 4) is 22.3 Å². The molecule has 27 heavy (non-hydrogen) atoms. The Balaban J connectivity index is 1.73. The highest BCUT2D eigenvalue weighted by atomic mass is 19.2. The summed E-state index contributed by atoms with van der Waals surface area (Å²) in [5, 5.41) is 2.24. The third-order valence-corrected chi connectivity index (χ3v) is 4.85. The summed E-state index contributed by atoms with van der Waals surface area (Å²) >= 11 is 0. The van der Waals surface area contributed by atoms with E-state index < -0.39 is 17.5 Å². The molecule has 0 unspecified atom stereocenters. The van der Waals surface area contributed by atoms with Crippen LogP contribution in [0.1, 0.15) is 12.5 Å². The van der Waals surface area contributed by atoms with Crippen LogP contribution in [0.25, 0.3) is 33.0 Å². The molecule has 4 aromatic rings. The van der Waals surface area contributed by atoms with Gasteiger partial charge in [0.2, 0.25) is 0 Å². The van der Waals surface area contributed by atoms with Crippen molar-refractivity contribution in [2.45, 2.75) is 13.3 Å². The zero-order valence-electron chi connectivity index (χ0n) is 14.8. The van der Waals surface area contributed by atoms with E-state index in [2.05, 4.69) is 25.1 Å². The summed E-state index contributed by atoms with van der Waals surface area (Å²) < 4.78 is 41.2. The van der Waals surface area contributed by atoms with E-state index in [-0.39, 0.29) is 5.56 Å². The molecule has 0 heterocycles. The van der Waals surface area contributed by atoms with Crippen molar-refractivity contribution >= 4 is 10.8 Å². The van der Waals surface area contributed by atoms with Crippen molar-refractivity contribution in [1.29, 1.82) is 0 Å². The van der Waals surface area contributed by atoms with E-state index in [0.717, 1.165) is 40.5 Å². The highest BCUT2D eigenvalue weighted by molar-refractivity contribution is 5.88. The Morgan fingerprint density at radius 3 is 1.93 bits per heavy atom. The molecule has 0 aromatic heterocycles. The summed E-state index contributed by atoms with van der Waals surface area (Å²) in [5.74, 6) is -2.41. The molecule has 4 rings (SSSR count). The van der Waals surface area contributed by atoms with Crippen molar-refractivity contribution in [3.05, 3.63) is 95.8 Å². The van der Waals surface area contributed by atoms with Gasteiger partial charge in [-0.25, -0.2) is 13.2 Å². The first-order valence-corrected chi connectivity index (χ1v) is 8.83. The Hall–Kier alpha value is -3.07. The molecular formula is C24H17F3. The van der Waals surface area contributed by atoms with Gasteiger partial charge in [-0.05, 0) is 63.7 Å². The second-order valence-corrected chi connectivity index (χ2v) is 6.57. The van der Waals surface area contributed by atoms with Crippen molar-refractivity contribution in [3.63, 3.8) is 0 Å². The first-order chi connectivity index (χ1) is 13.0. The van der Waals surface area contributed by atoms with Crippen LogP contribution in [0, 0.1) is 17.5 Å². The standard InChI is InChI=1S/C24H17F3/c1-2-15-3-4-17-12-18(6-5-16(17)11-15)19-7-9-21(23(26)13-19)20-8-10-22(25)24(27)14-20/h3-14H,2H2,1H3. The maximum atomic E-state index is 14.7. The first kappa shape index (κ1) is 17.3. The van der Waals surface area contributed by atoms with Gasteiger partial charge in [0.25, 0.3) is 0 Å². The molecule has 0 amide bonds. The topological polar surface area (TPSA) is 0 Å². The van der Waals surface area contributed by atoms with E-state index >= 15 is 0 Å². The minimum atomic E-state index is -0.989. The second kappa shape index (κ2) is 6.92. The van der Waals surface area contributed by atoms with E-state index in [0.29, 0.717) is 5.56 Å². The predicted octanol–water partition coefficient (Wildman–Crippen LogP) is 7.15. The molecule has 0 aliphatic rings. The zero-order valence-corrected chi connectivity index (χ0v) is 14.8. The number of hydrogen-bond donors (Lipinski definition) is 0. The quantitative estimate of drug-likeness (QED) is 0.363. The summed E-state index contributed by atoms with van der Waals surface area (Å²) in [7, 11) is 0. The van der Waals surface area contributed by atoms with Crippen LogP contribution in [0.4, 0.5) is 13.2 Å². The molecule has 0 atom stereocenters. The maximum absolute atomic E-state index is 14.7. The molecule has 0 saturated carbocycles. The molecule has 134 valence electrons. The van der Waals surface area contributed by atoms with Gasteiger partial charge in [-0.2, -0.15) is 0 Å². The van der Waals surface area contributed by atoms with Gasteiger partial charge in [-0.1, -0.05) is 55.5 Å². The van der Waals surface area contributed by atoms with Crippen LogP contribution >= 0.6 is 0 Å². The monoisotopic (exact) mass is 362 g/mol. The Labute approximate surface area is 155 Å². The number of halogens is 3. The fourth-order valence-corrected chi connectivity index (χ4v) is 3.29. The Morgan fingerprint density at radius 1 is 0.556 bits per heavy atom. The molecule has 0 aliphatic heterocycles. The number of benzene rings is 4. The second-order valence-electron chi connectivity index (χ2n) is 6.57. The van der Waals surface area contributed by atoms with Gasteiger partial charge in [0.1, 0.15) is 5.82 Å². The number of fused-ring (bicyclic) bond motifs is 1. The molecule has 0 aliphatic carbocycles. The fourth-order valence-electron chi connectivity index (χ4n) is 3.29. The highest BCUT2D eigenvalue weighted by Crippen LogP contribution is 2.30. The number of hydrogen-bond acceptors (Lipinski definition) is 0. The van der Waals surface area contributed by atoms with Gasteiger partial charge in [0, 0.05) is 5.56 Å². The Morgan fingerprint density at radius 2 is 1.19 bits per heavy atom. The molecule has 3 heteroatoms. The Kier molecular flexibility index (Phi) is 4.44. The van der Waals surface area contributed by atoms with E-state index in [1.165, 1.54) is 17.7 Å². The highest BCUT2D eigenvalue weighted by Gasteiger charge is 2.10. The normalized spacial score (nSPS) is 11.1. The average molecular weight is 362 g/mol. The van der Waals surface area contributed by atoms with E-state index in [1.54, 1.807) is 12.1 Å². The third kappa shape index (κ3) is 3.33. The van der Waals surface area contributed by atoms with Gasteiger partial charge in [-0.15, -0.1) is 0 Å². The van der Waals surface area contributed by atoms with Gasteiger partial charge < -0.3 is 0 Å². The summed E-state index contributed by atoms with van der Waals surface area (Å²) in [6, 6.07) is 20.6. The van der Waals surface area contributed by atoms with Gasteiger partial charge in [-0.3, -0.25) is 0 Å². The molecule has 0 fully saturated rings. The van der Waals surface area contributed by atoms with E-state index in [1.807, 2.05) is 18.2 Å². The molecule has 0 N–H and O–H groups in total. The molecular weight excluding hydrogens is 345 g/mol. The van der Waals surface area contributed by atoms with Crippen LogP contribution in [0.3, 0.4) is 0 Å². The summed E-state index contributed by atoms with van der Waals surface area (Å²) in [4.78, 5) is 0. The van der Waals surface area contributed by atoms with E-state index in [9.17, 15) is 13.2 Å². The van der Waals surface area contributed by atoms with Crippen LogP contribution in [-0.4, -0.2) is 0 Å². The summed E-state index contributed by atoms with van der Waals surface area (Å²) in [6.07, 6.45) is 0.981. The average Bonchev–Trinajstić information content (AvgIpc) is 2.69. The first-order valence-electron chi connectivity index (χ1n) is 8.83. The number of rotatable bonds is 3. The fraction of sp³-hybridized carbons (Fsp3) is 0.0833. The van der Waals surface area contributed by atoms with Gasteiger partial charge in [0.15, 0.2) is 11.6 Å². The largest absolute Gasteiger partial charge is 0.206 e. The minimum absolute atomic E-state index is 0.242. The van der Waals surface area contributed by atoms with Crippen LogP contribution in [0.5, 0.6) is 0 Å². The minimum Gasteiger partial charge on any atom is -0.206 e.